The Bertz CT molecular complexity index is 798. The zero-order valence-electron chi connectivity index (χ0n) is 13.2. The normalized spacial score (nSPS) is 10.9. The molecular weight excluding hydrogens is 284 g/mol. The number of aryl methyl sites for hydroxylation is 1. The number of benzene rings is 2. The summed E-state index contributed by atoms with van der Waals surface area (Å²) in [5, 5.41) is 8.65. The highest BCUT2D eigenvalue weighted by molar-refractivity contribution is 5.74. The number of para-hydroxylation sites is 1. The van der Waals surface area contributed by atoms with Crippen LogP contribution >= 0.6 is 0 Å². The summed E-state index contributed by atoms with van der Waals surface area (Å²) in [5.74, 6) is 0.599. The molecule has 4 nitrogen and oxygen atoms in total. The second kappa shape index (κ2) is 6.83. The Balaban J connectivity index is 1.97. The van der Waals surface area contributed by atoms with E-state index < -0.39 is 0 Å². The second-order valence-corrected chi connectivity index (χ2v) is 5.27. The lowest BCUT2D eigenvalue weighted by atomic mass is 10.1. The van der Waals surface area contributed by atoms with Gasteiger partial charge in [-0.05, 0) is 48.9 Å². The Morgan fingerprint density at radius 3 is 2.39 bits per heavy atom. The Labute approximate surface area is 136 Å². The molecule has 1 aromatic heterocycles. The first-order valence-corrected chi connectivity index (χ1v) is 7.46. The zero-order chi connectivity index (χ0) is 16.1. The average Bonchev–Trinajstić information content (AvgIpc) is 2.61. The molecule has 0 saturated heterocycles. The van der Waals surface area contributed by atoms with Crippen LogP contribution in [0.25, 0.3) is 0 Å². The number of aromatic nitrogens is 1. The lowest BCUT2D eigenvalue weighted by Crippen LogP contribution is -2.09. The van der Waals surface area contributed by atoms with E-state index >= 15 is 0 Å². The van der Waals surface area contributed by atoms with Crippen LogP contribution in [0, 0.1) is 6.92 Å². The van der Waals surface area contributed by atoms with Crippen molar-refractivity contribution in [3.05, 3.63) is 78.5 Å². The van der Waals surface area contributed by atoms with E-state index in [0.29, 0.717) is 5.82 Å². The molecule has 0 spiro atoms. The first kappa shape index (κ1) is 14.9. The van der Waals surface area contributed by atoms with E-state index in [1.807, 2.05) is 56.4 Å². The van der Waals surface area contributed by atoms with Crippen LogP contribution in [-0.2, 0) is 0 Å². The Morgan fingerprint density at radius 1 is 0.870 bits per heavy atom. The molecule has 0 saturated carbocycles. The van der Waals surface area contributed by atoms with Crippen LogP contribution in [0.1, 0.15) is 5.56 Å². The Morgan fingerprint density at radius 2 is 1.65 bits per heavy atom. The average molecular weight is 302 g/mol. The van der Waals surface area contributed by atoms with Gasteiger partial charge in [-0.3, -0.25) is 0 Å². The molecule has 0 aliphatic rings. The van der Waals surface area contributed by atoms with Crippen LogP contribution in [0.2, 0.25) is 0 Å². The van der Waals surface area contributed by atoms with Gasteiger partial charge in [0.05, 0.1) is 5.69 Å². The molecule has 0 fully saturated rings. The number of hydrogen-bond acceptors (Lipinski definition) is 4. The highest BCUT2D eigenvalue weighted by Gasteiger charge is 2.09. The summed E-state index contributed by atoms with van der Waals surface area (Å²) >= 11 is 0. The van der Waals surface area contributed by atoms with Gasteiger partial charge in [-0.15, -0.1) is 10.2 Å². The molecule has 23 heavy (non-hydrogen) atoms. The summed E-state index contributed by atoms with van der Waals surface area (Å²) in [6, 6.07) is 22.0. The summed E-state index contributed by atoms with van der Waals surface area (Å²) in [6.07, 6.45) is 1.71. The van der Waals surface area contributed by atoms with Gasteiger partial charge in [0.2, 0.25) is 0 Å². The summed E-state index contributed by atoms with van der Waals surface area (Å²) in [4.78, 5) is 6.28. The molecule has 0 N–H and O–H groups in total. The Hall–Kier alpha value is -3.01. The molecule has 0 unspecified atom stereocenters. The van der Waals surface area contributed by atoms with Gasteiger partial charge in [0, 0.05) is 18.9 Å². The maximum Gasteiger partial charge on any atom is 0.174 e. The zero-order valence-corrected chi connectivity index (χ0v) is 13.2. The molecule has 0 radical (unpaired) electrons. The molecule has 0 aliphatic heterocycles. The predicted octanol–water partition coefficient (Wildman–Crippen LogP) is 5.57. The van der Waals surface area contributed by atoms with Gasteiger partial charge < -0.3 is 4.90 Å². The molecule has 0 aliphatic carbocycles. The molecule has 4 heteroatoms. The first-order chi connectivity index (χ1) is 11.2. The predicted molar refractivity (Wildman–Crippen MR) is 94.1 cm³/mol. The fraction of sp³-hybridized carbons (Fsp3) is 0.105. The molecule has 2 aromatic carbocycles. The van der Waals surface area contributed by atoms with Gasteiger partial charge >= 0.3 is 0 Å². The van der Waals surface area contributed by atoms with Gasteiger partial charge in [-0.1, -0.05) is 30.3 Å². The summed E-state index contributed by atoms with van der Waals surface area (Å²) in [6.45, 7) is 2.05. The fourth-order valence-corrected chi connectivity index (χ4v) is 2.31. The van der Waals surface area contributed by atoms with E-state index in [0.717, 1.165) is 22.6 Å². The van der Waals surface area contributed by atoms with E-state index in [2.05, 4.69) is 44.4 Å². The van der Waals surface area contributed by atoms with E-state index in [9.17, 15) is 0 Å². The minimum absolute atomic E-state index is 0.599. The largest absolute Gasteiger partial charge is 0.343 e. The van der Waals surface area contributed by atoms with Crippen LogP contribution in [0.15, 0.2) is 83.2 Å². The van der Waals surface area contributed by atoms with Crippen LogP contribution < -0.4 is 4.90 Å². The number of rotatable bonds is 4. The van der Waals surface area contributed by atoms with Crippen molar-refractivity contribution in [1.82, 2.24) is 4.98 Å². The number of pyridine rings is 1. The second-order valence-electron chi connectivity index (χ2n) is 5.27. The van der Waals surface area contributed by atoms with E-state index in [1.54, 1.807) is 6.20 Å². The minimum atomic E-state index is 0.599. The van der Waals surface area contributed by atoms with Crippen LogP contribution in [0.4, 0.5) is 22.9 Å². The van der Waals surface area contributed by atoms with E-state index in [1.165, 1.54) is 0 Å². The van der Waals surface area contributed by atoms with Crippen molar-refractivity contribution in [3.63, 3.8) is 0 Å². The van der Waals surface area contributed by atoms with Crippen molar-refractivity contribution >= 4 is 22.9 Å². The highest BCUT2D eigenvalue weighted by Crippen LogP contribution is 2.34. The number of hydrogen-bond donors (Lipinski definition) is 0. The third-order valence-corrected chi connectivity index (χ3v) is 3.55. The van der Waals surface area contributed by atoms with Gasteiger partial charge in [-0.2, -0.15) is 0 Å². The summed E-state index contributed by atoms with van der Waals surface area (Å²) < 4.78 is 0. The van der Waals surface area contributed by atoms with Crippen molar-refractivity contribution < 1.29 is 0 Å². The van der Waals surface area contributed by atoms with Crippen molar-refractivity contribution in [2.45, 2.75) is 6.92 Å². The molecular formula is C19H18N4. The van der Waals surface area contributed by atoms with Gasteiger partial charge in [-0.25, -0.2) is 4.98 Å². The fourth-order valence-electron chi connectivity index (χ4n) is 2.31. The SMILES string of the molecule is Cc1ccc(N(C)c2ccccc2)c(N=Nc2ccccn2)c1. The summed E-state index contributed by atoms with van der Waals surface area (Å²) in [5.41, 5.74) is 4.07. The minimum Gasteiger partial charge on any atom is -0.343 e. The van der Waals surface area contributed by atoms with Crippen molar-refractivity contribution in [3.8, 4) is 0 Å². The smallest absolute Gasteiger partial charge is 0.174 e. The van der Waals surface area contributed by atoms with Crippen molar-refractivity contribution in [2.75, 3.05) is 11.9 Å². The number of azo groups is 1. The third kappa shape index (κ3) is 3.61. The first-order valence-electron chi connectivity index (χ1n) is 7.46. The summed E-state index contributed by atoms with van der Waals surface area (Å²) in [7, 11) is 2.03. The van der Waals surface area contributed by atoms with Crippen LogP contribution in [0.3, 0.4) is 0 Å². The van der Waals surface area contributed by atoms with Gasteiger partial charge in [0.15, 0.2) is 5.82 Å². The lowest BCUT2D eigenvalue weighted by Gasteiger charge is -2.21. The van der Waals surface area contributed by atoms with Gasteiger partial charge in [0.1, 0.15) is 5.69 Å². The van der Waals surface area contributed by atoms with Crippen molar-refractivity contribution in [1.29, 1.82) is 0 Å². The molecule has 1 heterocycles. The van der Waals surface area contributed by atoms with Crippen molar-refractivity contribution in [2.24, 2.45) is 10.2 Å². The standard InChI is InChI=1S/C19H18N4/c1-15-11-12-18(23(2)16-8-4-3-5-9-16)17(14-15)21-22-19-10-6-7-13-20-19/h3-14H,1-2H3. The molecule has 3 rings (SSSR count). The molecule has 0 atom stereocenters. The maximum absolute atomic E-state index is 4.40. The number of nitrogens with zero attached hydrogens (tertiary/aromatic N) is 4. The third-order valence-electron chi connectivity index (χ3n) is 3.55. The number of anilines is 2. The quantitative estimate of drug-likeness (QED) is 0.591. The molecule has 0 bridgehead atoms. The molecule has 3 aromatic rings. The van der Waals surface area contributed by atoms with E-state index in [-0.39, 0.29) is 0 Å². The van der Waals surface area contributed by atoms with Gasteiger partial charge in [0.25, 0.3) is 0 Å². The van der Waals surface area contributed by atoms with Crippen LogP contribution in [0.5, 0.6) is 0 Å². The molecule has 114 valence electrons. The monoisotopic (exact) mass is 302 g/mol. The maximum atomic E-state index is 4.40. The lowest BCUT2D eigenvalue weighted by molar-refractivity contribution is 1.13. The highest BCUT2D eigenvalue weighted by atomic mass is 15.2. The van der Waals surface area contributed by atoms with Crippen LogP contribution in [-0.4, -0.2) is 12.0 Å². The van der Waals surface area contributed by atoms with E-state index in [4.69, 9.17) is 0 Å². The Kier molecular flexibility index (Phi) is 4.43. The molecule has 0 amide bonds. The topological polar surface area (TPSA) is 40.9 Å².